The minimum Gasteiger partial charge on any atom is -0.467 e. The number of methoxy groups -OCH3 is 1. The van der Waals surface area contributed by atoms with Gasteiger partial charge in [-0.3, -0.25) is 10.1 Å². The van der Waals surface area contributed by atoms with Crippen LogP contribution in [0.1, 0.15) is 19.5 Å². The lowest BCUT2D eigenvalue weighted by atomic mass is 10.0. The largest absolute Gasteiger partial charge is 0.467 e. The van der Waals surface area contributed by atoms with Crippen LogP contribution in [0.15, 0.2) is 12.1 Å². The molecule has 0 aromatic carbocycles. The first-order valence-corrected chi connectivity index (χ1v) is 5.83. The highest BCUT2D eigenvalue weighted by molar-refractivity contribution is 5.80. The van der Waals surface area contributed by atoms with Crippen LogP contribution in [-0.4, -0.2) is 29.0 Å². The Bertz CT molecular complexity index is 488. The third-order valence-corrected chi connectivity index (χ3v) is 2.62. The number of nitro groups is 1. The number of ether oxygens (including phenoxy) is 1. The van der Waals surface area contributed by atoms with Crippen LogP contribution in [-0.2, 0) is 9.53 Å². The van der Waals surface area contributed by atoms with E-state index >= 15 is 0 Å². The van der Waals surface area contributed by atoms with Gasteiger partial charge < -0.3 is 10.1 Å². The summed E-state index contributed by atoms with van der Waals surface area (Å²) >= 11 is 0. The summed E-state index contributed by atoms with van der Waals surface area (Å²) in [6, 6.07) is 2.23. The van der Waals surface area contributed by atoms with E-state index in [0.29, 0.717) is 5.69 Å². The number of carbonyl (C=O) groups excluding carboxylic acids is 1. The summed E-state index contributed by atoms with van der Waals surface area (Å²) in [4.78, 5) is 26.1. The van der Waals surface area contributed by atoms with Crippen molar-refractivity contribution in [2.24, 2.45) is 5.92 Å². The van der Waals surface area contributed by atoms with Crippen molar-refractivity contribution in [2.75, 3.05) is 12.4 Å². The van der Waals surface area contributed by atoms with E-state index in [9.17, 15) is 14.9 Å². The summed E-state index contributed by atoms with van der Waals surface area (Å²) in [7, 11) is 1.28. The highest BCUT2D eigenvalue weighted by Gasteiger charge is 2.26. The third-order valence-electron chi connectivity index (χ3n) is 2.62. The molecule has 104 valence electrons. The predicted molar refractivity (Wildman–Crippen MR) is 69.9 cm³/mol. The van der Waals surface area contributed by atoms with Crippen LogP contribution >= 0.6 is 0 Å². The zero-order valence-corrected chi connectivity index (χ0v) is 11.3. The fourth-order valence-corrected chi connectivity index (χ4v) is 1.57. The summed E-state index contributed by atoms with van der Waals surface area (Å²) in [6.45, 7) is 5.35. The molecule has 0 aliphatic heterocycles. The summed E-state index contributed by atoms with van der Waals surface area (Å²) in [5, 5.41) is 13.7. The number of pyridine rings is 1. The molecular weight excluding hydrogens is 250 g/mol. The molecule has 1 unspecified atom stereocenters. The van der Waals surface area contributed by atoms with Crippen molar-refractivity contribution in [2.45, 2.75) is 26.8 Å². The molecule has 0 saturated heterocycles. The number of aryl methyl sites for hydroxylation is 1. The maximum Gasteiger partial charge on any atom is 0.328 e. The van der Waals surface area contributed by atoms with Crippen LogP contribution in [0.4, 0.5) is 11.5 Å². The van der Waals surface area contributed by atoms with Gasteiger partial charge in [-0.15, -0.1) is 0 Å². The van der Waals surface area contributed by atoms with Gasteiger partial charge in [0.2, 0.25) is 5.82 Å². The first kappa shape index (κ1) is 14.9. The van der Waals surface area contributed by atoms with E-state index < -0.39 is 16.9 Å². The Morgan fingerprint density at radius 1 is 1.47 bits per heavy atom. The Balaban J connectivity index is 3.11. The SMILES string of the molecule is COC(=O)C(Nc1nc(C)ccc1[N+](=O)[O-])C(C)C. The van der Waals surface area contributed by atoms with Crippen molar-refractivity contribution in [1.29, 1.82) is 0 Å². The Morgan fingerprint density at radius 3 is 2.58 bits per heavy atom. The summed E-state index contributed by atoms with van der Waals surface area (Å²) in [5.41, 5.74) is 0.459. The molecule has 0 aliphatic carbocycles. The van der Waals surface area contributed by atoms with Gasteiger partial charge >= 0.3 is 11.7 Å². The fraction of sp³-hybridized carbons (Fsp3) is 0.500. The van der Waals surface area contributed by atoms with Crippen LogP contribution in [0, 0.1) is 23.0 Å². The van der Waals surface area contributed by atoms with Gasteiger partial charge in [-0.2, -0.15) is 0 Å². The molecule has 1 N–H and O–H groups in total. The predicted octanol–water partition coefficient (Wildman–Crippen LogP) is 1.91. The van der Waals surface area contributed by atoms with E-state index in [4.69, 9.17) is 0 Å². The number of nitrogens with one attached hydrogen (secondary N) is 1. The topological polar surface area (TPSA) is 94.4 Å². The van der Waals surface area contributed by atoms with Gasteiger partial charge in [-0.25, -0.2) is 9.78 Å². The van der Waals surface area contributed by atoms with Crippen molar-refractivity contribution in [1.82, 2.24) is 4.98 Å². The standard InChI is InChI=1S/C12H17N3O4/c1-7(2)10(12(16)19-4)14-11-9(15(17)18)6-5-8(3)13-11/h5-7,10H,1-4H3,(H,13,14). The number of rotatable bonds is 5. The van der Waals surface area contributed by atoms with Gasteiger partial charge in [0.1, 0.15) is 6.04 Å². The quantitative estimate of drug-likeness (QED) is 0.497. The fourth-order valence-electron chi connectivity index (χ4n) is 1.57. The highest BCUT2D eigenvalue weighted by Crippen LogP contribution is 2.24. The second-order valence-electron chi connectivity index (χ2n) is 4.47. The van der Waals surface area contributed by atoms with E-state index in [1.54, 1.807) is 13.0 Å². The number of aromatic nitrogens is 1. The Morgan fingerprint density at radius 2 is 2.11 bits per heavy atom. The Hall–Kier alpha value is -2.18. The average molecular weight is 267 g/mol. The molecule has 19 heavy (non-hydrogen) atoms. The lowest BCUT2D eigenvalue weighted by Crippen LogP contribution is -2.36. The molecule has 7 nitrogen and oxygen atoms in total. The lowest BCUT2D eigenvalue weighted by molar-refractivity contribution is -0.384. The number of nitrogens with zero attached hydrogens (tertiary/aromatic N) is 2. The van der Waals surface area contributed by atoms with E-state index in [-0.39, 0.29) is 17.4 Å². The van der Waals surface area contributed by atoms with Crippen LogP contribution in [0.2, 0.25) is 0 Å². The molecule has 0 amide bonds. The van der Waals surface area contributed by atoms with Crippen LogP contribution in [0.5, 0.6) is 0 Å². The molecular formula is C12H17N3O4. The van der Waals surface area contributed by atoms with Crippen molar-refractivity contribution in [3.05, 3.63) is 27.9 Å². The molecule has 1 heterocycles. The second kappa shape index (κ2) is 6.12. The maximum atomic E-state index is 11.6. The molecule has 0 radical (unpaired) electrons. The molecule has 0 fully saturated rings. The van der Waals surface area contributed by atoms with E-state index in [1.807, 2.05) is 13.8 Å². The van der Waals surface area contributed by atoms with E-state index in [0.717, 1.165) is 0 Å². The number of hydrogen-bond donors (Lipinski definition) is 1. The number of esters is 1. The lowest BCUT2D eigenvalue weighted by Gasteiger charge is -2.20. The van der Waals surface area contributed by atoms with Crippen LogP contribution < -0.4 is 5.32 Å². The molecule has 0 spiro atoms. The van der Waals surface area contributed by atoms with Crippen LogP contribution in [0.3, 0.4) is 0 Å². The normalized spacial score (nSPS) is 12.1. The van der Waals surface area contributed by atoms with Crippen molar-refractivity contribution in [3.8, 4) is 0 Å². The summed E-state index contributed by atoms with van der Waals surface area (Å²) in [6.07, 6.45) is 0. The number of carbonyl (C=O) groups is 1. The molecule has 1 atom stereocenters. The zero-order chi connectivity index (χ0) is 14.6. The maximum absolute atomic E-state index is 11.6. The smallest absolute Gasteiger partial charge is 0.328 e. The molecule has 7 heteroatoms. The van der Waals surface area contributed by atoms with Gasteiger partial charge in [0, 0.05) is 11.8 Å². The van der Waals surface area contributed by atoms with Crippen molar-refractivity contribution in [3.63, 3.8) is 0 Å². The van der Waals surface area contributed by atoms with Gasteiger partial charge in [-0.1, -0.05) is 13.8 Å². The Labute approximate surface area is 111 Å². The average Bonchev–Trinajstić information content (AvgIpc) is 2.34. The second-order valence-corrected chi connectivity index (χ2v) is 4.47. The molecule has 0 aliphatic rings. The van der Waals surface area contributed by atoms with Crippen LogP contribution in [0.25, 0.3) is 0 Å². The van der Waals surface area contributed by atoms with E-state index in [1.165, 1.54) is 13.2 Å². The minimum absolute atomic E-state index is 0.0779. The van der Waals surface area contributed by atoms with Gasteiger partial charge in [0.25, 0.3) is 0 Å². The molecule has 1 rings (SSSR count). The Kier molecular flexibility index (Phi) is 4.80. The van der Waals surface area contributed by atoms with Crippen molar-refractivity contribution >= 4 is 17.5 Å². The summed E-state index contributed by atoms with van der Waals surface area (Å²) < 4.78 is 4.68. The minimum atomic E-state index is -0.682. The zero-order valence-electron chi connectivity index (χ0n) is 11.3. The first-order valence-electron chi connectivity index (χ1n) is 5.83. The number of anilines is 1. The molecule has 0 saturated carbocycles. The summed E-state index contributed by atoms with van der Waals surface area (Å²) in [5.74, 6) is -0.490. The number of hydrogen-bond acceptors (Lipinski definition) is 6. The molecule has 0 bridgehead atoms. The van der Waals surface area contributed by atoms with Gasteiger partial charge in [0.15, 0.2) is 0 Å². The highest BCUT2D eigenvalue weighted by atomic mass is 16.6. The molecule has 1 aromatic rings. The van der Waals surface area contributed by atoms with E-state index in [2.05, 4.69) is 15.0 Å². The van der Waals surface area contributed by atoms with Gasteiger partial charge in [0.05, 0.1) is 12.0 Å². The van der Waals surface area contributed by atoms with Gasteiger partial charge in [-0.05, 0) is 18.9 Å². The van der Waals surface area contributed by atoms with Crippen molar-refractivity contribution < 1.29 is 14.5 Å². The monoisotopic (exact) mass is 267 g/mol. The third kappa shape index (κ3) is 3.64. The molecule has 1 aromatic heterocycles. The first-order chi connectivity index (χ1) is 8.86.